The second kappa shape index (κ2) is 12.3. The van der Waals surface area contributed by atoms with E-state index in [0.717, 1.165) is 55.7 Å². The molecule has 0 saturated carbocycles. The monoisotopic (exact) mass is 742 g/mol. The van der Waals surface area contributed by atoms with E-state index in [-0.39, 0.29) is 5.41 Å². The average Bonchev–Trinajstić information content (AvgIpc) is 3.88. The normalized spacial score (nSPS) is 13.1. The van der Waals surface area contributed by atoms with Crippen LogP contribution in [0.15, 0.2) is 199 Å². The molecule has 0 spiro atoms. The molecule has 1 aliphatic carbocycles. The van der Waals surface area contributed by atoms with Gasteiger partial charge in [-0.05, 0) is 93.2 Å². The van der Waals surface area contributed by atoms with Gasteiger partial charge in [0.05, 0.1) is 11.0 Å². The SMILES string of the molecule is CC1(C)c2ccccc2-c2ccc(N(c3ccccc3)c3ccc4c5c(-c6ccccc6)c6c(cc5n(-c5ccc7ccccc7c5)c4c3)oc3ccccc36)cc21. The lowest BCUT2D eigenvalue weighted by Gasteiger charge is -2.28. The van der Waals surface area contributed by atoms with Crippen molar-refractivity contribution in [3.05, 3.63) is 205 Å². The summed E-state index contributed by atoms with van der Waals surface area (Å²) in [4.78, 5) is 2.42. The Morgan fingerprint density at radius 1 is 0.448 bits per heavy atom. The average molecular weight is 743 g/mol. The number of para-hydroxylation sites is 2. The Kier molecular flexibility index (Phi) is 6.98. The second-order valence-electron chi connectivity index (χ2n) is 16.1. The van der Waals surface area contributed by atoms with Crippen LogP contribution in [0.4, 0.5) is 17.1 Å². The Balaban J connectivity index is 1.18. The van der Waals surface area contributed by atoms with Crippen LogP contribution in [0.1, 0.15) is 25.0 Å². The molecule has 0 unspecified atom stereocenters. The Morgan fingerprint density at radius 3 is 2.00 bits per heavy atom. The van der Waals surface area contributed by atoms with Gasteiger partial charge in [0.15, 0.2) is 0 Å². The van der Waals surface area contributed by atoms with Crippen LogP contribution in [-0.4, -0.2) is 4.57 Å². The Labute approximate surface area is 336 Å². The first-order valence-corrected chi connectivity index (χ1v) is 20.1. The third kappa shape index (κ3) is 4.74. The van der Waals surface area contributed by atoms with Gasteiger partial charge in [-0.2, -0.15) is 0 Å². The van der Waals surface area contributed by atoms with Crippen LogP contribution >= 0.6 is 0 Å². The fourth-order valence-corrected chi connectivity index (χ4v) is 9.85. The van der Waals surface area contributed by atoms with E-state index in [0.29, 0.717) is 0 Å². The molecule has 3 heteroatoms. The van der Waals surface area contributed by atoms with Crippen molar-refractivity contribution in [2.45, 2.75) is 19.3 Å². The number of nitrogens with zero attached hydrogens (tertiary/aromatic N) is 2. The highest BCUT2D eigenvalue weighted by atomic mass is 16.3. The third-order valence-corrected chi connectivity index (χ3v) is 12.5. The van der Waals surface area contributed by atoms with E-state index in [1.54, 1.807) is 0 Å². The lowest BCUT2D eigenvalue weighted by molar-refractivity contribution is 0.660. The highest BCUT2D eigenvalue weighted by Gasteiger charge is 2.36. The summed E-state index contributed by atoms with van der Waals surface area (Å²) in [6.45, 7) is 4.71. The molecule has 12 rings (SSSR count). The molecule has 0 bridgehead atoms. The predicted octanol–water partition coefficient (Wildman–Crippen LogP) is 15.3. The van der Waals surface area contributed by atoms with Crippen molar-refractivity contribution in [3.63, 3.8) is 0 Å². The lowest BCUT2D eigenvalue weighted by atomic mass is 9.82. The van der Waals surface area contributed by atoms with E-state index in [1.807, 2.05) is 0 Å². The highest BCUT2D eigenvalue weighted by molar-refractivity contribution is 6.27. The van der Waals surface area contributed by atoms with Gasteiger partial charge >= 0.3 is 0 Å². The van der Waals surface area contributed by atoms with Gasteiger partial charge in [0, 0.05) is 61.3 Å². The molecule has 0 N–H and O–H groups in total. The molecule has 2 aromatic heterocycles. The van der Waals surface area contributed by atoms with Crippen molar-refractivity contribution in [2.24, 2.45) is 0 Å². The molecule has 274 valence electrons. The molecule has 0 radical (unpaired) electrons. The third-order valence-electron chi connectivity index (χ3n) is 12.5. The molecule has 0 fully saturated rings. The quantitative estimate of drug-likeness (QED) is 0.175. The van der Waals surface area contributed by atoms with Gasteiger partial charge in [0.25, 0.3) is 0 Å². The molecule has 0 atom stereocenters. The fraction of sp³-hybridized carbons (Fsp3) is 0.0545. The minimum absolute atomic E-state index is 0.119. The number of furan rings is 1. The van der Waals surface area contributed by atoms with E-state index in [1.165, 1.54) is 54.9 Å². The van der Waals surface area contributed by atoms with Gasteiger partial charge in [-0.3, -0.25) is 0 Å². The number of hydrogen-bond acceptors (Lipinski definition) is 2. The first kappa shape index (κ1) is 32.8. The smallest absolute Gasteiger partial charge is 0.138 e. The molecule has 1 aliphatic rings. The van der Waals surface area contributed by atoms with Crippen LogP contribution in [0.5, 0.6) is 0 Å². The number of hydrogen-bond donors (Lipinski definition) is 0. The minimum atomic E-state index is -0.119. The molecule has 0 saturated heterocycles. The van der Waals surface area contributed by atoms with Gasteiger partial charge in [-0.25, -0.2) is 0 Å². The summed E-state index contributed by atoms with van der Waals surface area (Å²) in [5.41, 5.74) is 16.1. The van der Waals surface area contributed by atoms with Gasteiger partial charge in [0.2, 0.25) is 0 Å². The summed E-state index contributed by atoms with van der Waals surface area (Å²) >= 11 is 0. The number of fused-ring (bicyclic) bond motifs is 10. The van der Waals surface area contributed by atoms with Crippen LogP contribution in [0.25, 0.3) is 82.5 Å². The van der Waals surface area contributed by atoms with E-state index in [4.69, 9.17) is 4.42 Å². The molecule has 0 amide bonds. The molecule has 3 nitrogen and oxygen atoms in total. The zero-order chi connectivity index (χ0) is 38.5. The second-order valence-corrected chi connectivity index (χ2v) is 16.1. The molecule has 58 heavy (non-hydrogen) atoms. The summed E-state index contributed by atoms with van der Waals surface area (Å²) in [6.07, 6.45) is 0. The lowest BCUT2D eigenvalue weighted by Crippen LogP contribution is -2.16. The van der Waals surface area contributed by atoms with Crippen LogP contribution in [0.2, 0.25) is 0 Å². The fourth-order valence-electron chi connectivity index (χ4n) is 9.85. The Morgan fingerprint density at radius 2 is 1.14 bits per heavy atom. The molecule has 11 aromatic rings. The van der Waals surface area contributed by atoms with Crippen LogP contribution in [-0.2, 0) is 5.41 Å². The Bertz CT molecular complexity index is 3430. The number of anilines is 3. The number of rotatable bonds is 5. The standard InChI is InChI=1S/C55H38N2O/c1-55(2)46-23-13-11-21-42(46)43-29-27-40(32-47(43)55)56(38-19-7-4-8-20-38)41-28-30-44-48(33-41)57(39-26-25-35-15-9-10-18-37(35)31-39)49-34-51-54(45-22-12-14-24-50(45)58-51)52(53(44)49)36-16-5-3-6-17-36/h3-34H,1-2H3. The highest BCUT2D eigenvalue weighted by Crippen LogP contribution is 2.52. The van der Waals surface area contributed by atoms with Gasteiger partial charge < -0.3 is 13.9 Å². The summed E-state index contributed by atoms with van der Waals surface area (Å²) in [7, 11) is 0. The number of benzene rings is 9. The molecule has 2 heterocycles. The zero-order valence-electron chi connectivity index (χ0n) is 32.3. The predicted molar refractivity (Wildman–Crippen MR) is 243 cm³/mol. The van der Waals surface area contributed by atoms with E-state index in [9.17, 15) is 0 Å². The maximum absolute atomic E-state index is 6.71. The summed E-state index contributed by atoms with van der Waals surface area (Å²) in [6, 6.07) is 70.7. The summed E-state index contributed by atoms with van der Waals surface area (Å²) in [5, 5.41) is 7.09. The number of aromatic nitrogens is 1. The van der Waals surface area contributed by atoms with Crippen molar-refractivity contribution in [1.29, 1.82) is 0 Å². The van der Waals surface area contributed by atoms with Crippen LogP contribution in [0, 0.1) is 0 Å². The van der Waals surface area contributed by atoms with Crippen LogP contribution in [0.3, 0.4) is 0 Å². The van der Waals surface area contributed by atoms with Gasteiger partial charge in [0.1, 0.15) is 11.2 Å². The van der Waals surface area contributed by atoms with E-state index in [2.05, 4.69) is 217 Å². The zero-order valence-corrected chi connectivity index (χ0v) is 32.3. The van der Waals surface area contributed by atoms with Crippen LogP contribution < -0.4 is 4.90 Å². The first-order chi connectivity index (χ1) is 28.5. The summed E-state index contributed by atoms with van der Waals surface area (Å²) in [5.74, 6) is 0. The van der Waals surface area contributed by atoms with Crippen molar-refractivity contribution >= 4 is 71.6 Å². The largest absolute Gasteiger partial charge is 0.456 e. The topological polar surface area (TPSA) is 21.3 Å². The van der Waals surface area contributed by atoms with E-state index < -0.39 is 0 Å². The molecular formula is C55H38N2O. The van der Waals surface area contributed by atoms with Crippen molar-refractivity contribution in [2.75, 3.05) is 4.90 Å². The Hall–Kier alpha value is -7.36. The van der Waals surface area contributed by atoms with E-state index >= 15 is 0 Å². The first-order valence-electron chi connectivity index (χ1n) is 20.1. The van der Waals surface area contributed by atoms with Crippen molar-refractivity contribution in [1.82, 2.24) is 4.57 Å². The molecule has 9 aromatic carbocycles. The maximum atomic E-state index is 6.71. The molecule has 0 aliphatic heterocycles. The maximum Gasteiger partial charge on any atom is 0.138 e. The van der Waals surface area contributed by atoms with Gasteiger partial charge in [-0.1, -0.05) is 147 Å². The minimum Gasteiger partial charge on any atom is -0.456 e. The molecular weight excluding hydrogens is 705 g/mol. The van der Waals surface area contributed by atoms with Gasteiger partial charge in [-0.15, -0.1) is 0 Å². The summed E-state index contributed by atoms with van der Waals surface area (Å²) < 4.78 is 9.16. The van der Waals surface area contributed by atoms with Crippen molar-refractivity contribution < 1.29 is 4.42 Å². The van der Waals surface area contributed by atoms with Crippen molar-refractivity contribution in [3.8, 4) is 27.9 Å².